The Morgan fingerprint density at radius 1 is 1.08 bits per heavy atom. The fourth-order valence-corrected chi connectivity index (χ4v) is 2.11. The molecule has 2 amide bonds. The second kappa shape index (κ2) is 7.91. The number of nitrogen functional groups attached to an aromatic ring is 1. The van der Waals surface area contributed by atoms with E-state index in [1.54, 1.807) is 30.3 Å². The minimum absolute atomic E-state index is 0.0620. The van der Waals surface area contributed by atoms with Crippen molar-refractivity contribution in [1.29, 1.82) is 0 Å². The van der Waals surface area contributed by atoms with Crippen LogP contribution in [-0.4, -0.2) is 26.2 Å². The smallest absolute Gasteiger partial charge is 0.411 e. The lowest BCUT2D eigenvalue weighted by Gasteiger charge is -2.13. The van der Waals surface area contributed by atoms with E-state index in [9.17, 15) is 9.59 Å². The molecule has 0 aromatic heterocycles. The molecule has 8 heteroatoms. The molecule has 0 aliphatic heterocycles. The van der Waals surface area contributed by atoms with Gasteiger partial charge in [-0.15, -0.1) is 0 Å². The highest BCUT2D eigenvalue weighted by molar-refractivity contribution is 5.95. The van der Waals surface area contributed by atoms with Gasteiger partial charge in [-0.3, -0.25) is 10.1 Å². The Kier molecular flexibility index (Phi) is 5.67. The van der Waals surface area contributed by atoms with Crippen LogP contribution in [0.3, 0.4) is 0 Å². The minimum atomic E-state index is -0.698. The lowest BCUT2D eigenvalue weighted by Crippen LogP contribution is -2.15. The molecule has 0 saturated heterocycles. The maximum atomic E-state index is 11.9. The summed E-state index contributed by atoms with van der Waals surface area (Å²) in [5.74, 6) is 0.372. The fourth-order valence-electron chi connectivity index (χ4n) is 2.11. The molecule has 25 heavy (non-hydrogen) atoms. The van der Waals surface area contributed by atoms with Crippen LogP contribution in [0.4, 0.5) is 16.2 Å². The molecule has 2 aromatic rings. The molecule has 0 radical (unpaired) electrons. The third kappa shape index (κ3) is 4.54. The van der Waals surface area contributed by atoms with Gasteiger partial charge >= 0.3 is 6.09 Å². The SMILES string of the molecule is COc1cc(N)c(COC(=O)Nc2cccc(C(N)=O)c2)cc1OC. The van der Waals surface area contributed by atoms with E-state index in [0.717, 1.165) is 0 Å². The highest BCUT2D eigenvalue weighted by Crippen LogP contribution is 2.32. The molecule has 0 spiro atoms. The summed E-state index contributed by atoms with van der Waals surface area (Å²) in [5, 5.41) is 2.51. The number of anilines is 2. The number of amides is 2. The standard InChI is InChI=1S/C17H19N3O5/c1-23-14-7-11(13(18)8-15(14)24-2)9-25-17(22)20-12-5-3-4-10(6-12)16(19)21/h3-8H,9,18H2,1-2H3,(H2,19,21)(H,20,22). The molecule has 0 fully saturated rings. The van der Waals surface area contributed by atoms with Crippen LogP contribution in [0.2, 0.25) is 0 Å². The molecular formula is C17H19N3O5. The Bertz CT molecular complexity index is 792. The zero-order valence-corrected chi connectivity index (χ0v) is 13.9. The predicted octanol–water partition coefficient (Wildman–Crippen LogP) is 2.13. The van der Waals surface area contributed by atoms with Crippen molar-refractivity contribution in [1.82, 2.24) is 0 Å². The molecule has 2 aromatic carbocycles. The van der Waals surface area contributed by atoms with Gasteiger partial charge in [0.25, 0.3) is 0 Å². The second-order valence-corrected chi connectivity index (χ2v) is 5.05. The summed E-state index contributed by atoms with van der Waals surface area (Å²) in [7, 11) is 3.00. The minimum Gasteiger partial charge on any atom is -0.493 e. The van der Waals surface area contributed by atoms with Gasteiger partial charge in [-0.05, 0) is 24.3 Å². The van der Waals surface area contributed by atoms with Crippen molar-refractivity contribution in [2.45, 2.75) is 6.61 Å². The largest absolute Gasteiger partial charge is 0.493 e. The normalized spacial score (nSPS) is 10.0. The summed E-state index contributed by atoms with van der Waals surface area (Å²) in [6.07, 6.45) is -0.698. The van der Waals surface area contributed by atoms with Crippen LogP contribution >= 0.6 is 0 Å². The van der Waals surface area contributed by atoms with Gasteiger partial charge in [0, 0.05) is 28.6 Å². The third-order valence-corrected chi connectivity index (χ3v) is 3.40. The lowest BCUT2D eigenvalue weighted by atomic mass is 10.1. The summed E-state index contributed by atoms with van der Waals surface area (Å²) >= 11 is 0. The molecule has 2 rings (SSSR count). The number of methoxy groups -OCH3 is 2. The van der Waals surface area contributed by atoms with Crippen molar-refractivity contribution in [2.24, 2.45) is 5.73 Å². The zero-order valence-electron chi connectivity index (χ0n) is 13.9. The molecule has 0 saturated carbocycles. The first-order valence-corrected chi connectivity index (χ1v) is 7.28. The van der Waals surface area contributed by atoms with E-state index in [0.29, 0.717) is 28.4 Å². The second-order valence-electron chi connectivity index (χ2n) is 5.05. The number of benzene rings is 2. The summed E-state index contributed by atoms with van der Waals surface area (Å²) < 4.78 is 15.5. The van der Waals surface area contributed by atoms with Crippen LogP contribution in [0.25, 0.3) is 0 Å². The maximum absolute atomic E-state index is 11.9. The molecule has 0 aliphatic carbocycles. The van der Waals surface area contributed by atoms with Crippen LogP contribution < -0.4 is 26.3 Å². The van der Waals surface area contributed by atoms with Gasteiger partial charge in [-0.25, -0.2) is 4.79 Å². The Hall–Kier alpha value is -3.42. The Morgan fingerprint density at radius 2 is 1.76 bits per heavy atom. The number of hydrogen-bond donors (Lipinski definition) is 3. The molecule has 8 nitrogen and oxygen atoms in total. The summed E-state index contributed by atoms with van der Waals surface area (Å²) in [6.45, 7) is -0.0620. The average molecular weight is 345 g/mol. The topological polar surface area (TPSA) is 126 Å². The highest BCUT2D eigenvalue weighted by atomic mass is 16.5. The predicted molar refractivity (Wildman–Crippen MR) is 92.7 cm³/mol. The van der Waals surface area contributed by atoms with E-state index in [4.69, 9.17) is 25.7 Å². The van der Waals surface area contributed by atoms with Gasteiger partial charge in [0.15, 0.2) is 11.5 Å². The van der Waals surface area contributed by atoms with Crippen molar-refractivity contribution < 1.29 is 23.8 Å². The van der Waals surface area contributed by atoms with Crippen molar-refractivity contribution in [3.8, 4) is 11.5 Å². The van der Waals surface area contributed by atoms with E-state index in [2.05, 4.69) is 5.32 Å². The molecule has 132 valence electrons. The first-order valence-electron chi connectivity index (χ1n) is 7.28. The first kappa shape index (κ1) is 17.9. The Balaban J connectivity index is 2.03. The first-order chi connectivity index (χ1) is 11.9. The van der Waals surface area contributed by atoms with E-state index in [1.165, 1.54) is 20.3 Å². The monoisotopic (exact) mass is 345 g/mol. The van der Waals surface area contributed by atoms with Gasteiger partial charge in [0.05, 0.1) is 14.2 Å². The van der Waals surface area contributed by atoms with Crippen molar-refractivity contribution in [2.75, 3.05) is 25.3 Å². The van der Waals surface area contributed by atoms with Gasteiger partial charge in [-0.1, -0.05) is 6.07 Å². The number of carbonyl (C=O) groups is 2. The maximum Gasteiger partial charge on any atom is 0.411 e. The van der Waals surface area contributed by atoms with E-state index in [1.807, 2.05) is 0 Å². The lowest BCUT2D eigenvalue weighted by molar-refractivity contribution is 0.1000. The van der Waals surface area contributed by atoms with E-state index >= 15 is 0 Å². The van der Waals surface area contributed by atoms with Crippen LogP contribution in [0.5, 0.6) is 11.5 Å². The van der Waals surface area contributed by atoms with Gasteiger partial charge < -0.3 is 25.7 Å². The number of ether oxygens (including phenoxy) is 3. The van der Waals surface area contributed by atoms with Crippen LogP contribution in [0.1, 0.15) is 15.9 Å². The summed E-state index contributed by atoms with van der Waals surface area (Å²) in [4.78, 5) is 23.1. The molecule has 0 unspecified atom stereocenters. The number of hydrogen-bond acceptors (Lipinski definition) is 6. The van der Waals surface area contributed by atoms with E-state index < -0.39 is 12.0 Å². The van der Waals surface area contributed by atoms with Crippen molar-refractivity contribution in [3.05, 3.63) is 47.5 Å². The molecular weight excluding hydrogens is 326 g/mol. The number of rotatable bonds is 6. The molecule has 0 aliphatic rings. The zero-order chi connectivity index (χ0) is 18.4. The number of nitrogens with one attached hydrogen (secondary N) is 1. The van der Waals surface area contributed by atoms with Gasteiger partial charge in [0.2, 0.25) is 5.91 Å². The Morgan fingerprint density at radius 3 is 2.40 bits per heavy atom. The number of carbonyl (C=O) groups excluding carboxylic acids is 2. The quantitative estimate of drug-likeness (QED) is 0.689. The highest BCUT2D eigenvalue weighted by Gasteiger charge is 2.12. The fraction of sp³-hybridized carbons (Fsp3) is 0.176. The van der Waals surface area contributed by atoms with Crippen molar-refractivity contribution >= 4 is 23.4 Å². The number of primary amides is 1. The van der Waals surface area contributed by atoms with Crippen LogP contribution in [0.15, 0.2) is 36.4 Å². The summed E-state index contributed by atoms with van der Waals surface area (Å²) in [5.41, 5.74) is 12.8. The molecule has 0 atom stereocenters. The van der Waals surface area contributed by atoms with Gasteiger partial charge in [0.1, 0.15) is 6.61 Å². The molecule has 0 heterocycles. The Labute approximate surface area is 144 Å². The third-order valence-electron chi connectivity index (χ3n) is 3.40. The van der Waals surface area contributed by atoms with Crippen LogP contribution in [-0.2, 0) is 11.3 Å². The van der Waals surface area contributed by atoms with Gasteiger partial charge in [-0.2, -0.15) is 0 Å². The van der Waals surface area contributed by atoms with Crippen molar-refractivity contribution in [3.63, 3.8) is 0 Å². The van der Waals surface area contributed by atoms with E-state index in [-0.39, 0.29) is 12.2 Å². The van der Waals surface area contributed by atoms with Crippen LogP contribution in [0, 0.1) is 0 Å². The molecule has 5 N–H and O–H groups in total. The molecule has 0 bridgehead atoms. The average Bonchev–Trinajstić information content (AvgIpc) is 2.60. The number of nitrogens with two attached hydrogens (primary N) is 2. The summed E-state index contributed by atoms with van der Waals surface area (Å²) in [6, 6.07) is 9.43.